The molecule has 0 spiro atoms. The Kier molecular flexibility index (Phi) is 9.11. The number of rotatable bonds is 4. The molecule has 8 heteroatoms. The molecule has 3 N–H and O–H groups in total. The zero-order valence-corrected chi connectivity index (χ0v) is 15.7. The number of anilines is 1. The largest absolute Gasteiger partial charge is 0.368 e. The number of hydrogen-bond donors (Lipinski definition) is 2. The van der Waals surface area contributed by atoms with Crippen molar-refractivity contribution >= 4 is 42.3 Å². The van der Waals surface area contributed by atoms with Crippen LogP contribution >= 0.6 is 24.8 Å². The monoisotopic (exact) mass is 376 g/mol. The van der Waals surface area contributed by atoms with Gasteiger partial charge in [-0.15, -0.1) is 24.8 Å². The standard InChI is InChI=1S/C16H24N4O2.2ClH/c1-16(2,17)15(22)18-12-14(21)20-10-8-19(9-11-20)13-6-4-3-5-7-13;;/h3-7H,8-12,17H2,1-2H3,(H,18,22);2*1H. The molecule has 0 atom stereocenters. The Morgan fingerprint density at radius 2 is 1.62 bits per heavy atom. The number of amides is 2. The molecular formula is C16H26Cl2N4O2. The number of carbonyl (C=O) groups is 2. The number of nitrogens with one attached hydrogen (secondary N) is 1. The lowest BCUT2D eigenvalue weighted by Crippen LogP contribution is -2.54. The molecule has 1 aliphatic rings. The van der Waals surface area contributed by atoms with Crippen molar-refractivity contribution in [3.63, 3.8) is 0 Å². The summed E-state index contributed by atoms with van der Waals surface area (Å²) < 4.78 is 0. The van der Waals surface area contributed by atoms with Crippen molar-refractivity contribution in [2.24, 2.45) is 5.73 Å². The van der Waals surface area contributed by atoms with Gasteiger partial charge in [0.05, 0.1) is 12.1 Å². The van der Waals surface area contributed by atoms with E-state index in [1.54, 1.807) is 18.7 Å². The maximum Gasteiger partial charge on any atom is 0.242 e. The van der Waals surface area contributed by atoms with Gasteiger partial charge in [0, 0.05) is 31.9 Å². The fourth-order valence-electron chi connectivity index (χ4n) is 2.35. The van der Waals surface area contributed by atoms with Gasteiger partial charge >= 0.3 is 0 Å². The summed E-state index contributed by atoms with van der Waals surface area (Å²) in [6.45, 7) is 6.16. The zero-order chi connectivity index (χ0) is 16.2. The summed E-state index contributed by atoms with van der Waals surface area (Å²) in [6.07, 6.45) is 0. The highest BCUT2D eigenvalue weighted by atomic mass is 35.5. The van der Waals surface area contributed by atoms with E-state index >= 15 is 0 Å². The number of para-hydroxylation sites is 1. The normalized spacial score (nSPS) is 14.3. The topological polar surface area (TPSA) is 78.7 Å². The van der Waals surface area contributed by atoms with Gasteiger partial charge < -0.3 is 20.9 Å². The Morgan fingerprint density at radius 1 is 1.08 bits per heavy atom. The summed E-state index contributed by atoms with van der Waals surface area (Å²) in [7, 11) is 0. The molecule has 0 radical (unpaired) electrons. The molecule has 1 heterocycles. The van der Waals surface area contributed by atoms with E-state index in [9.17, 15) is 9.59 Å². The summed E-state index contributed by atoms with van der Waals surface area (Å²) in [4.78, 5) is 27.8. The average molecular weight is 377 g/mol. The SMILES string of the molecule is CC(C)(N)C(=O)NCC(=O)N1CCN(c2ccccc2)CC1.Cl.Cl. The molecule has 24 heavy (non-hydrogen) atoms. The minimum Gasteiger partial charge on any atom is -0.368 e. The molecule has 1 saturated heterocycles. The number of benzene rings is 1. The first-order valence-corrected chi connectivity index (χ1v) is 7.53. The van der Waals surface area contributed by atoms with E-state index in [0.29, 0.717) is 13.1 Å². The molecule has 2 amide bonds. The summed E-state index contributed by atoms with van der Waals surface area (Å²) in [5, 5.41) is 2.59. The van der Waals surface area contributed by atoms with Crippen LogP contribution in [0.25, 0.3) is 0 Å². The summed E-state index contributed by atoms with van der Waals surface area (Å²) >= 11 is 0. The van der Waals surface area contributed by atoms with Crippen molar-refractivity contribution in [1.29, 1.82) is 0 Å². The highest BCUT2D eigenvalue weighted by molar-refractivity contribution is 5.89. The third kappa shape index (κ3) is 6.19. The lowest BCUT2D eigenvalue weighted by atomic mass is 10.1. The number of hydrogen-bond acceptors (Lipinski definition) is 4. The van der Waals surface area contributed by atoms with E-state index in [4.69, 9.17) is 5.73 Å². The van der Waals surface area contributed by atoms with Crippen molar-refractivity contribution < 1.29 is 9.59 Å². The van der Waals surface area contributed by atoms with Crippen LogP contribution in [0.2, 0.25) is 0 Å². The lowest BCUT2D eigenvalue weighted by molar-refractivity contribution is -0.134. The Morgan fingerprint density at radius 3 is 2.12 bits per heavy atom. The van der Waals surface area contributed by atoms with E-state index in [2.05, 4.69) is 22.3 Å². The van der Waals surface area contributed by atoms with Crippen molar-refractivity contribution in [1.82, 2.24) is 10.2 Å². The first-order chi connectivity index (χ1) is 10.4. The first-order valence-electron chi connectivity index (χ1n) is 7.53. The van der Waals surface area contributed by atoms with Crippen LogP contribution in [0.5, 0.6) is 0 Å². The smallest absolute Gasteiger partial charge is 0.242 e. The van der Waals surface area contributed by atoms with Crippen molar-refractivity contribution in [3.05, 3.63) is 30.3 Å². The van der Waals surface area contributed by atoms with Crippen LogP contribution < -0.4 is 16.0 Å². The van der Waals surface area contributed by atoms with Crippen LogP contribution in [0, 0.1) is 0 Å². The van der Waals surface area contributed by atoms with Crippen LogP contribution in [-0.2, 0) is 9.59 Å². The van der Waals surface area contributed by atoms with Gasteiger partial charge in [-0.3, -0.25) is 9.59 Å². The van der Waals surface area contributed by atoms with Gasteiger partial charge in [0.25, 0.3) is 0 Å². The fourth-order valence-corrected chi connectivity index (χ4v) is 2.35. The molecule has 136 valence electrons. The van der Waals surface area contributed by atoms with E-state index in [-0.39, 0.29) is 43.2 Å². The van der Waals surface area contributed by atoms with Gasteiger partial charge in [-0.1, -0.05) is 18.2 Å². The molecule has 1 aliphatic heterocycles. The first kappa shape index (κ1) is 22.5. The Bertz CT molecular complexity index is 527. The quantitative estimate of drug-likeness (QED) is 0.822. The van der Waals surface area contributed by atoms with Crippen molar-refractivity contribution in [3.8, 4) is 0 Å². The second kappa shape index (κ2) is 9.71. The van der Waals surface area contributed by atoms with Crippen LogP contribution in [-0.4, -0.2) is 55.0 Å². The minimum absolute atomic E-state index is 0. The third-order valence-corrected chi connectivity index (χ3v) is 3.74. The van der Waals surface area contributed by atoms with E-state index < -0.39 is 5.54 Å². The second-order valence-corrected chi connectivity index (χ2v) is 6.11. The van der Waals surface area contributed by atoms with E-state index in [1.807, 2.05) is 18.2 Å². The van der Waals surface area contributed by atoms with Crippen LogP contribution in [0.15, 0.2) is 30.3 Å². The molecule has 6 nitrogen and oxygen atoms in total. The van der Waals surface area contributed by atoms with Crippen molar-refractivity contribution in [2.45, 2.75) is 19.4 Å². The van der Waals surface area contributed by atoms with Gasteiger partial charge in [-0.25, -0.2) is 0 Å². The summed E-state index contributed by atoms with van der Waals surface area (Å²) in [5.74, 6) is -0.380. The van der Waals surface area contributed by atoms with Crippen molar-refractivity contribution in [2.75, 3.05) is 37.6 Å². The van der Waals surface area contributed by atoms with E-state index in [0.717, 1.165) is 13.1 Å². The number of nitrogens with two attached hydrogens (primary N) is 1. The maximum atomic E-state index is 12.1. The summed E-state index contributed by atoms with van der Waals surface area (Å²) in [5.41, 5.74) is 5.89. The second-order valence-electron chi connectivity index (χ2n) is 6.11. The molecule has 0 bridgehead atoms. The number of halogens is 2. The highest BCUT2D eigenvalue weighted by Crippen LogP contribution is 2.15. The molecule has 0 unspecified atom stereocenters. The fraction of sp³-hybridized carbons (Fsp3) is 0.500. The Balaban J connectivity index is 0.00000264. The molecule has 1 fully saturated rings. The molecule has 0 aliphatic carbocycles. The highest BCUT2D eigenvalue weighted by Gasteiger charge is 2.25. The maximum absolute atomic E-state index is 12.1. The molecule has 1 aromatic rings. The third-order valence-electron chi connectivity index (χ3n) is 3.74. The molecule has 2 rings (SSSR count). The van der Waals surface area contributed by atoms with Gasteiger partial charge in [-0.05, 0) is 26.0 Å². The summed E-state index contributed by atoms with van der Waals surface area (Å²) in [6, 6.07) is 10.2. The Labute approximate surface area is 155 Å². The van der Waals surface area contributed by atoms with Gasteiger partial charge in [-0.2, -0.15) is 0 Å². The molecular weight excluding hydrogens is 351 g/mol. The molecule has 0 saturated carbocycles. The van der Waals surface area contributed by atoms with Gasteiger partial charge in [0.15, 0.2) is 0 Å². The van der Waals surface area contributed by atoms with Crippen LogP contribution in [0.1, 0.15) is 13.8 Å². The lowest BCUT2D eigenvalue weighted by Gasteiger charge is -2.36. The number of nitrogens with zero attached hydrogens (tertiary/aromatic N) is 2. The predicted octanol–water partition coefficient (Wildman–Crippen LogP) is 1.03. The van der Waals surface area contributed by atoms with Gasteiger partial charge in [0.2, 0.25) is 11.8 Å². The predicted molar refractivity (Wildman–Crippen MR) is 101 cm³/mol. The Hall–Kier alpha value is -1.50. The molecule has 1 aromatic carbocycles. The van der Waals surface area contributed by atoms with E-state index in [1.165, 1.54) is 5.69 Å². The minimum atomic E-state index is -0.966. The van der Waals surface area contributed by atoms with Crippen LogP contribution in [0.4, 0.5) is 5.69 Å². The molecule has 0 aromatic heterocycles. The van der Waals surface area contributed by atoms with Gasteiger partial charge in [0.1, 0.15) is 0 Å². The van der Waals surface area contributed by atoms with Crippen LogP contribution in [0.3, 0.4) is 0 Å². The number of piperazine rings is 1. The number of carbonyl (C=O) groups excluding carboxylic acids is 2. The average Bonchev–Trinajstić information content (AvgIpc) is 2.52. The zero-order valence-electron chi connectivity index (χ0n) is 14.0.